The molecule has 0 amide bonds. The van der Waals surface area contributed by atoms with Gasteiger partial charge in [-0.2, -0.15) is 0 Å². The van der Waals surface area contributed by atoms with Gasteiger partial charge in [-0.3, -0.25) is 0 Å². The van der Waals surface area contributed by atoms with Gasteiger partial charge in [0.1, 0.15) is 9.22 Å². The van der Waals surface area contributed by atoms with Crippen LogP contribution in [-0.4, -0.2) is 31.7 Å². The minimum Gasteiger partial charge on any atom is -0.359 e. The van der Waals surface area contributed by atoms with Crippen molar-refractivity contribution in [1.82, 2.24) is 14.9 Å². The fourth-order valence-corrected chi connectivity index (χ4v) is 4.34. The Morgan fingerprint density at radius 2 is 2.00 bits per heavy atom. The molecule has 6 nitrogen and oxygen atoms in total. The molecule has 0 saturated heterocycles. The zero-order valence-corrected chi connectivity index (χ0v) is 14.5. The molecule has 0 aliphatic rings. The van der Waals surface area contributed by atoms with E-state index < -0.39 is 10.0 Å². The fraction of sp³-hybridized carbons (Fsp3) is 0.500. The van der Waals surface area contributed by atoms with Crippen LogP contribution in [0.2, 0.25) is 0 Å². The van der Waals surface area contributed by atoms with E-state index in [0.717, 1.165) is 5.01 Å². The zero-order valence-electron chi connectivity index (χ0n) is 12.1. The van der Waals surface area contributed by atoms with Gasteiger partial charge >= 0.3 is 0 Å². The van der Waals surface area contributed by atoms with Crippen molar-refractivity contribution in [2.24, 2.45) is 0 Å². The molecule has 9 heteroatoms. The molecule has 0 atom stereocenters. The maximum Gasteiger partial charge on any atom is 0.250 e. The van der Waals surface area contributed by atoms with Crippen molar-refractivity contribution in [3.8, 4) is 0 Å². The van der Waals surface area contributed by atoms with Gasteiger partial charge in [-0.25, -0.2) is 13.1 Å². The van der Waals surface area contributed by atoms with Crippen molar-refractivity contribution in [3.63, 3.8) is 0 Å². The Morgan fingerprint density at radius 3 is 2.57 bits per heavy atom. The standard InChI is InChI=1S/C12H18N4O2S3/c1-12(2,3)10-15-16-11(20-10)13-6-7-14-21(17,18)9-5-4-8-19-9/h4-5,8,14H,6-7H2,1-3H3,(H,13,16). The molecule has 0 aromatic carbocycles. The van der Waals surface area contributed by atoms with Gasteiger partial charge in [-0.15, -0.1) is 21.5 Å². The first kappa shape index (κ1) is 16.3. The van der Waals surface area contributed by atoms with Crippen LogP contribution < -0.4 is 10.0 Å². The van der Waals surface area contributed by atoms with E-state index in [0.29, 0.717) is 22.4 Å². The molecule has 0 spiro atoms. The summed E-state index contributed by atoms with van der Waals surface area (Å²) in [4.78, 5) is 0. The second-order valence-electron chi connectivity index (χ2n) is 5.42. The van der Waals surface area contributed by atoms with Crippen LogP contribution in [-0.2, 0) is 15.4 Å². The van der Waals surface area contributed by atoms with Gasteiger partial charge in [0.25, 0.3) is 0 Å². The van der Waals surface area contributed by atoms with Crippen molar-refractivity contribution < 1.29 is 8.42 Å². The first-order valence-electron chi connectivity index (χ1n) is 6.40. The molecule has 0 fully saturated rings. The van der Waals surface area contributed by atoms with Gasteiger partial charge < -0.3 is 5.32 Å². The summed E-state index contributed by atoms with van der Waals surface area (Å²) in [5.41, 5.74) is -0.0294. The van der Waals surface area contributed by atoms with Crippen LogP contribution in [0.3, 0.4) is 0 Å². The summed E-state index contributed by atoms with van der Waals surface area (Å²) < 4.78 is 26.6. The van der Waals surface area contributed by atoms with E-state index in [1.165, 1.54) is 22.7 Å². The van der Waals surface area contributed by atoms with Crippen LogP contribution >= 0.6 is 22.7 Å². The first-order valence-corrected chi connectivity index (χ1v) is 9.58. The summed E-state index contributed by atoms with van der Waals surface area (Å²) in [6, 6.07) is 3.30. The Kier molecular flexibility index (Phi) is 4.97. The van der Waals surface area contributed by atoms with Gasteiger partial charge in [0.05, 0.1) is 0 Å². The predicted octanol–water partition coefficient (Wildman–Crippen LogP) is 2.29. The number of anilines is 1. The lowest BCUT2D eigenvalue weighted by molar-refractivity contribution is 0.578. The molecule has 0 saturated carbocycles. The molecule has 0 unspecified atom stereocenters. The van der Waals surface area contributed by atoms with E-state index in [1.54, 1.807) is 17.5 Å². The van der Waals surface area contributed by atoms with E-state index in [2.05, 4.69) is 41.0 Å². The molecule has 21 heavy (non-hydrogen) atoms. The summed E-state index contributed by atoms with van der Waals surface area (Å²) in [6.07, 6.45) is 0. The van der Waals surface area contributed by atoms with E-state index in [9.17, 15) is 8.42 Å². The summed E-state index contributed by atoms with van der Waals surface area (Å²) in [5.74, 6) is 0. The highest BCUT2D eigenvalue weighted by atomic mass is 32.2. The molecule has 0 aliphatic carbocycles. The summed E-state index contributed by atoms with van der Waals surface area (Å²) >= 11 is 2.69. The largest absolute Gasteiger partial charge is 0.359 e. The smallest absolute Gasteiger partial charge is 0.250 e. The van der Waals surface area contributed by atoms with E-state index in [4.69, 9.17) is 0 Å². The topological polar surface area (TPSA) is 84.0 Å². The van der Waals surface area contributed by atoms with Gasteiger partial charge in [-0.05, 0) is 11.4 Å². The number of nitrogens with zero attached hydrogens (tertiary/aromatic N) is 2. The molecule has 2 rings (SSSR count). The number of hydrogen-bond acceptors (Lipinski definition) is 7. The third-order valence-corrected chi connectivity index (χ3v) is 6.69. The van der Waals surface area contributed by atoms with E-state index >= 15 is 0 Å². The lowest BCUT2D eigenvalue weighted by Crippen LogP contribution is -2.28. The van der Waals surface area contributed by atoms with Crippen molar-refractivity contribution in [3.05, 3.63) is 22.5 Å². The second-order valence-corrected chi connectivity index (χ2v) is 9.34. The quantitative estimate of drug-likeness (QED) is 0.784. The Hall–Kier alpha value is -1.03. The monoisotopic (exact) mass is 346 g/mol. The highest BCUT2D eigenvalue weighted by molar-refractivity contribution is 7.91. The summed E-state index contributed by atoms with van der Waals surface area (Å²) in [7, 11) is -3.39. The van der Waals surface area contributed by atoms with Crippen LogP contribution in [0, 0.1) is 0 Å². The molecule has 116 valence electrons. The average Bonchev–Trinajstić information content (AvgIpc) is 3.05. The molecule has 0 bridgehead atoms. The summed E-state index contributed by atoms with van der Waals surface area (Å²) in [6.45, 7) is 6.99. The highest BCUT2D eigenvalue weighted by Gasteiger charge is 2.19. The van der Waals surface area contributed by atoms with Crippen molar-refractivity contribution in [2.75, 3.05) is 18.4 Å². The summed E-state index contributed by atoms with van der Waals surface area (Å²) in [5, 5.41) is 14.6. The van der Waals surface area contributed by atoms with Crippen LogP contribution in [0.5, 0.6) is 0 Å². The van der Waals surface area contributed by atoms with Gasteiger partial charge in [0.2, 0.25) is 15.2 Å². The van der Waals surface area contributed by atoms with Crippen LogP contribution in [0.1, 0.15) is 25.8 Å². The highest BCUT2D eigenvalue weighted by Crippen LogP contribution is 2.27. The molecular weight excluding hydrogens is 328 g/mol. The number of nitrogens with one attached hydrogen (secondary N) is 2. The number of sulfonamides is 1. The third kappa shape index (κ3) is 4.47. The number of hydrogen-bond donors (Lipinski definition) is 2. The number of rotatable bonds is 6. The Bertz CT molecular complexity index is 672. The van der Waals surface area contributed by atoms with Gasteiger partial charge in [0.15, 0.2) is 0 Å². The minimum atomic E-state index is -3.39. The fourth-order valence-electron chi connectivity index (χ4n) is 1.44. The molecule has 0 radical (unpaired) electrons. The lowest BCUT2D eigenvalue weighted by atomic mass is 9.98. The van der Waals surface area contributed by atoms with E-state index in [1.807, 2.05) is 0 Å². The maximum atomic E-state index is 11.9. The number of aromatic nitrogens is 2. The predicted molar refractivity (Wildman–Crippen MR) is 86.6 cm³/mol. The molecule has 2 N–H and O–H groups in total. The molecular formula is C12H18N4O2S3. The molecule has 2 heterocycles. The normalized spacial score (nSPS) is 12.5. The molecule has 0 aliphatic heterocycles. The second kappa shape index (κ2) is 6.39. The van der Waals surface area contributed by atoms with Crippen molar-refractivity contribution in [2.45, 2.75) is 30.4 Å². The van der Waals surface area contributed by atoms with Crippen molar-refractivity contribution >= 4 is 37.8 Å². The minimum absolute atomic E-state index is 0.0294. The molecule has 2 aromatic heterocycles. The maximum absolute atomic E-state index is 11.9. The van der Waals surface area contributed by atoms with Crippen molar-refractivity contribution in [1.29, 1.82) is 0 Å². The average molecular weight is 347 g/mol. The Labute approximate surface area is 132 Å². The van der Waals surface area contributed by atoms with Gasteiger partial charge in [0, 0.05) is 18.5 Å². The van der Waals surface area contributed by atoms with Gasteiger partial charge in [-0.1, -0.05) is 38.2 Å². The first-order chi connectivity index (χ1) is 9.79. The Balaban J connectivity index is 1.82. The zero-order chi connectivity index (χ0) is 15.5. The van der Waals surface area contributed by atoms with Crippen LogP contribution in [0.15, 0.2) is 21.7 Å². The third-order valence-electron chi connectivity index (χ3n) is 2.52. The molecule has 2 aromatic rings. The van der Waals surface area contributed by atoms with E-state index in [-0.39, 0.29) is 5.41 Å². The number of thiophene rings is 1. The van der Waals surface area contributed by atoms with Crippen LogP contribution in [0.25, 0.3) is 0 Å². The lowest BCUT2D eigenvalue weighted by Gasteiger charge is -2.12. The Morgan fingerprint density at radius 1 is 1.24 bits per heavy atom. The SMILES string of the molecule is CC(C)(C)c1nnc(NCCNS(=O)(=O)c2cccs2)s1. The van der Waals surface area contributed by atoms with Crippen LogP contribution in [0.4, 0.5) is 5.13 Å².